The summed E-state index contributed by atoms with van der Waals surface area (Å²) in [4.78, 5) is 20.3. The molecule has 0 spiro atoms. The van der Waals surface area contributed by atoms with E-state index in [0.29, 0.717) is 6.42 Å². The second kappa shape index (κ2) is 7.02. The van der Waals surface area contributed by atoms with Gasteiger partial charge in [-0.3, -0.25) is 9.59 Å². The molecule has 0 amide bonds. The van der Waals surface area contributed by atoms with Gasteiger partial charge in [-0.05, 0) is 6.42 Å². The molecule has 3 nitrogen and oxygen atoms in total. The first-order valence-corrected chi connectivity index (χ1v) is 2.90. The molecule has 56 valence electrons. The SMILES string of the molecule is CCCC(=O)CC(=O)O.[MgH2]. The highest BCUT2D eigenvalue weighted by atomic mass is 24.3. The van der Waals surface area contributed by atoms with Crippen LogP contribution in [0.4, 0.5) is 0 Å². The van der Waals surface area contributed by atoms with Gasteiger partial charge >= 0.3 is 29.0 Å². The Morgan fingerprint density at radius 2 is 1.90 bits per heavy atom. The fourth-order valence-corrected chi connectivity index (χ4v) is 0.536. The predicted octanol–water partition coefficient (Wildman–Crippen LogP) is -0.0859. The standard InChI is InChI=1S/C6H10O3.Mg.2H/c1-2-3-5(7)4-6(8)9;;;/h2-4H2,1H3,(H,8,9);;;. The number of aliphatic carboxylic acids is 1. The first-order valence-electron chi connectivity index (χ1n) is 2.90. The molecule has 0 fully saturated rings. The first-order chi connectivity index (χ1) is 4.16. The normalized spacial score (nSPS) is 8.10. The third-order valence-corrected chi connectivity index (χ3v) is 0.877. The molecule has 0 aromatic rings. The van der Waals surface area contributed by atoms with Gasteiger partial charge < -0.3 is 5.11 Å². The maximum absolute atomic E-state index is 10.5. The average molecular weight is 156 g/mol. The maximum atomic E-state index is 10.5. The van der Waals surface area contributed by atoms with Crippen LogP contribution in [0, 0.1) is 0 Å². The quantitative estimate of drug-likeness (QED) is 0.457. The van der Waals surface area contributed by atoms with Crippen molar-refractivity contribution in [3.8, 4) is 0 Å². The van der Waals surface area contributed by atoms with Crippen molar-refractivity contribution in [3.05, 3.63) is 0 Å². The number of carbonyl (C=O) groups excluding carboxylic acids is 1. The molecule has 0 aliphatic carbocycles. The Kier molecular flexibility index (Phi) is 8.82. The van der Waals surface area contributed by atoms with Crippen LogP contribution in [0.15, 0.2) is 0 Å². The van der Waals surface area contributed by atoms with Crippen LogP contribution in [0.3, 0.4) is 0 Å². The average Bonchev–Trinajstić information content (AvgIpc) is 1.63. The van der Waals surface area contributed by atoms with E-state index >= 15 is 0 Å². The van der Waals surface area contributed by atoms with Crippen LogP contribution < -0.4 is 0 Å². The summed E-state index contributed by atoms with van der Waals surface area (Å²) in [6, 6.07) is 0. The monoisotopic (exact) mass is 156 g/mol. The molecule has 10 heavy (non-hydrogen) atoms. The van der Waals surface area contributed by atoms with Gasteiger partial charge in [-0.15, -0.1) is 0 Å². The Balaban J connectivity index is 0. The van der Waals surface area contributed by atoms with E-state index in [-0.39, 0.29) is 35.3 Å². The Labute approximate surface area is 76.0 Å². The first kappa shape index (κ1) is 12.6. The lowest BCUT2D eigenvalue weighted by molar-refractivity contribution is -0.140. The Bertz CT molecular complexity index is 122. The minimum atomic E-state index is -1.03. The highest BCUT2D eigenvalue weighted by molar-refractivity contribution is 5.94. The van der Waals surface area contributed by atoms with Crippen LogP contribution in [0.1, 0.15) is 26.2 Å². The van der Waals surface area contributed by atoms with Gasteiger partial charge in [-0.25, -0.2) is 0 Å². The Morgan fingerprint density at radius 3 is 2.20 bits per heavy atom. The zero-order valence-electron chi connectivity index (χ0n) is 5.39. The van der Waals surface area contributed by atoms with Crippen LogP contribution >= 0.6 is 0 Å². The number of rotatable bonds is 4. The molecule has 0 saturated carbocycles. The molecule has 0 aliphatic heterocycles. The molecule has 0 radical (unpaired) electrons. The van der Waals surface area contributed by atoms with Crippen molar-refractivity contribution in [1.29, 1.82) is 0 Å². The minimum Gasteiger partial charge on any atom is -0.481 e. The van der Waals surface area contributed by atoms with Crippen molar-refractivity contribution in [2.75, 3.05) is 0 Å². The van der Waals surface area contributed by atoms with E-state index in [1.165, 1.54) is 0 Å². The van der Waals surface area contributed by atoms with Gasteiger partial charge in [-0.2, -0.15) is 0 Å². The van der Waals surface area contributed by atoms with Crippen LogP contribution in [-0.4, -0.2) is 39.9 Å². The second-order valence-electron chi connectivity index (χ2n) is 1.86. The lowest BCUT2D eigenvalue weighted by Crippen LogP contribution is -2.05. The summed E-state index contributed by atoms with van der Waals surface area (Å²) in [5.74, 6) is -1.22. The van der Waals surface area contributed by atoms with Crippen molar-refractivity contribution < 1.29 is 14.7 Å². The zero-order chi connectivity index (χ0) is 7.28. The summed E-state index contributed by atoms with van der Waals surface area (Å²) in [6.07, 6.45) is 0.784. The number of hydrogen-bond donors (Lipinski definition) is 1. The summed E-state index contributed by atoms with van der Waals surface area (Å²) >= 11 is 0. The van der Waals surface area contributed by atoms with E-state index in [9.17, 15) is 9.59 Å². The second-order valence-corrected chi connectivity index (χ2v) is 1.86. The van der Waals surface area contributed by atoms with E-state index in [2.05, 4.69) is 0 Å². The number of carboxylic acid groups (broad SMARTS) is 1. The van der Waals surface area contributed by atoms with Gasteiger partial charge in [-0.1, -0.05) is 6.92 Å². The summed E-state index contributed by atoms with van der Waals surface area (Å²) in [6.45, 7) is 1.85. The fourth-order valence-electron chi connectivity index (χ4n) is 0.536. The van der Waals surface area contributed by atoms with Gasteiger partial charge in [0.2, 0.25) is 0 Å². The van der Waals surface area contributed by atoms with Crippen LogP contribution in [-0.2, 0) is 9.59 Å². The van der Waals surface area contributed by atoms with E-state index in [1.807, 2.05) is 6.92 Å². The molecule has 0 aromatic carbocycles. The predicted molar refractivity (Wildman–Crippen MR) is 40.7 cm³/mol. The molecule has 0 atom stereocenters. The highest BCUT2D eigenvalue weighted by Crippen LogP contribution is 1.92. The van der Waals surface area contributed by atoms with Crippen molar-refractivity contribution in [3.63, 3.8) is 0 Å². The molecule has 0 aliphatic rings. The summed E-state index contributed by atoms with van der Waals surface area (Å²) < 4.78 is 0. The number of Topliss-reactive ketones (excluding diaryl/α,β-unsaturated/α-hetero) is 1. The molecule has 1 N–H and O–H groups in total. The van der Waals surface area contributed by atoms with E-state index in [1.54, 1.807) is 0 Å². The molecule has 0 unspecified atom stereocenters. The number of carboxylic acids is 1. The van der Waals surface area contributed by atoms with E-state index < -0.39 is 5.97 Å². The Hall–Kier alpha value is -0.0938. The number of carbonyl (C=O) groups is 2. The lowest BCUT2D eigenvalue weighted by Gasteiger charge is -1.90. The van der Waals surface area contributed by atoms with Gasteiger partial charge in [0.15, 0.2) is 0 Å². The number of ketones is 1. The van der Waals surface area contributed by atoms with Gasteiger partial charge in [0.05, 0.1) is 0 Å². The van der Waals surface area contributed by atoms with Gasteiger partial charge in [0.25, 0.3) is 0 Å². The summed E-state index contributed by atoms with van der Waals surface area (Å²) in [7, 11) is 0. The molecule has 0 bridgehead atoms. The van der Waals surface area contributed by atoms with Crippen molar-refractivity contribution in [2.45, 2.75) is 26.2 Å². The van der Waals surface area contributed by atoms with Crippen LogP contribution in [0.5, 0.6) is 0 Å². The third-order valence-electron chi connectivity index (χ3n) is 0.877. The maximum Gasteiger partial charge on any atom is 0.316 e. The molecule has 4 heteroatoms. The molecule has 0 saturated heterocycles. The number of hydrogen-bond acceptors (Lipinski definition) is 2. The van der Waals surface area contributed by atoms with E-state index in [4.69, 9.17) is 5.11 Å². The lowest BCUT2D eigenvalue weighted by atomic mass is 10.2. The third kappa shape index (κ3) is 7.91. The van der Waals surface area contributed by atoms with Gasteiger partial charge in [0.1, 0.15) is 12.2 Å². The van der Waals surface area contributed by atoms with Crippen LogP contribution in [0.2, 0.25) is 0 Å². The van der Waals surface area contributed by atoms with Gasteiger partial charge in [0, 0.05) is 6.42 Å². The summed E-state index contributed by atoms with van der Waals surface area (Å²) in [5.41, 5.74) is 0. The van der Waals surface area contributed by atoms with Crippen molar-refractivity contribution >= 4 is 34.8 Å². The smallest absolute Gasteiger partial charge is 0.316 e. The van der Waals surface area contributed by atoms with Crippen molar-refractivity contribution in [2.24, 2.45) is 0 Å². The molecule has 0 rings (SSSR count). The molecular weight excluding hydrogens is 144 g/mol. The summed E-state index contributed by atoms with van der Waals surface area (Å²) in [5, 5.41) is 8.09. The fraction of sp³-hybridized carbons (Fsp3) is 0.667. The van der Waals surface area contributed by atoms with E-state index in [0.717, 1.165) is 6.42 Å². The minimum absolute atomic E-state index is 0. The highest BCUT2D eigenvalue weighted by Gasteiger charge is 2.04. The Morgan fingerprint density at radius 1 is 1.40 bits per heavy atom. The topological polar surface area (TPSA) is 54.4 Å². The molecule has 0 aromatic heterocycles. The zero-order valence-corrected chi connectivity index (χ0v) is 5.39. The molecular formula is C6H12MgO3. The largest absolute Gasteiger partial charge is 0.481 e. The molecule has 0 heterocycles. The van der Waals surface area contributed by atoms with Crippen LogP contribution in [0.25, 0.3) is 0 Å². The van der Waals surface area contributed by atoms with Crippen molar-refractivity contribution in [1.82, 2.24) is 0 Å².